The Labute approximate surface area is 148 Å². The molecule has 1 aliphatic heterocycles. The smallest absolute Gasteiger partial charge is 0.272 e. The predicted molar refractivity (Wildman–Crippen MR) is 99.0 cm³/mol. The highest BCUT2D eigenvalue weighted by atomic mass is 16.5. The number of carbonyl (C=O) groups excluding carboxylic acids is 1. The Kier molecular flexibility index (Phi) is 5.81. The van der Waals surface area contributed by atoms with Crippen molar-refractivity contribution in [3.8, 4) is 0 Å². The van der Waals surface area contributed by atoms with Crippen LogP contribution in [0, 0.1) is 5.92 Å². The Morgan fingerprint density at radius 1 is 1.24 bits per heavy atom. The second kappa shape index (κ2) is 8.25. The molecule has 1 fully saturated rings. The van der Waals surface area contributed by atoms with Crippen LogP contribution < -0.4 is 10.2 Å². The van der Waals surface area contributed by atoms with E-state index < -0.39 is 0 Å². The molecule has 3 rings (SSSR count). The van der Waals surface area contributed by atoms with Crippen molar-refractivity contribution >= 4 is 22.5 Å². The lowest BCUT2D eigenvalue weighted by atomic mass is 9.99. The molecule has 134 valence electrons. The third-order valence-electron chi connectivity index (χ3n) is 4.78. The molecular formula is C19H26N4O2. The Hall–Kier alpha value is -2.21. The van der Waals surface area contributed by atoms with Crippen molar-refractivity contribution in [1.82, 2.24) is 15.5 Å². The van der Waals surface area contributed by atoms with E-state index in [0.717, 1.165) is 54.9 Å². The van der Waals surface area contributed by atoms with E-state index in [-0.39, 0.29) is 5.91 Å². The van der Waals surface area contributed by atoms with Gasteiger partial charge in [0.2, 0.25) is 0 Å². The van der Waals surface area contributed by atoms with Gasteiger partial charge in [-0.05, 0) is 25.2 Å². The maximum absolute atomic E-state index is 12.5. The highest BCUT2D eigenvalue weighted by Crippen LogP contribution is 2.29. The van der Waals surface area contributed by atoms with E-state index in [1.165, 1.54) is 0 Å². The summed E-state index contributed by atoms with van der Waals surface area (Å²) in [5, 5.41) is 13.4. The summed E-state index contributed by atoms with van der Waals surface area (Å²) in [7, 11) is 1.65. The average molecular weight is 342 g/mol. The fraction of sp³-hybridized carbons (Fsp3) is 0.526. The van der Waals surface area contributed by atoms with Crippen LogP contribution in [-0.2, 0) is 4.74 Å². The first kappa shape index (κ1) is 17.6. The van der Waals surface area contributed by atoms with E-state index in [0.29, 0.717) is 18.8 Å². The number of ether oxygens (including phenoxy) is 1. The second-order valence-electron chi connectivity index (χ2n) is 6.69. The van der Waals surface area contributed by atoms with Crippen LogP contribution >= 0.6 is 0 Å². The van der Waals surface area contributed by atoms with Crippen LogP contribution in [0.5, 0.6) is 0 Å². The number of methoxy groups -OCH3 is 1. The van der Waals surface area contributed by atoms with E-state index in [1.807, 2.05) is 24.3 Å². The summed E-state index contributed by atoms with van der Waals surface area (Å²) in [4.78, 5) is 14.8. The standard InChI is InChI=1S/C19H26N4O2/c1-14-8-11-23(12-9-14)18-16-7-4-3-6-15(16)17(21-22-18)19(24)20-10-5-13-25-2/h3-4,6-7,14H,5,8-13H2,1-2H3,(H,20,24). The summed E-state index contributed by atoms with van der Waals surface area (Å²) in [5.74, 6) is 1.46. The van der Waals surface area contributed by atoms with E-state index in [2.05, 4.69) is 27.3 Å². The van der Waals surface area contributed by atoms with Crippen LogP contribution in [0.25, 0.3) is 10.8 Å². The van der Waals surface area contributed by atoms with Crippen molar-refractivity contribution in [3.05, 3.63) is 30.0 Å². The molecule has 6 nitrogen and oxygen atoms in total. The topological polar surface area (TPSA) is 67.3 Å². The van der Waals surface area contributed by atoms with E-state index in [1.54, 1.807) is 7.11 Å². The lowest BCUT2D eigenvalue weighted by Crippen LogP contribution is -2.34. The molecule has 0 bridgehead atoms. The maximum Gasteiger partial charge on any atom is 0.272 e. The normalized spacial score (nSPS) is 15.5. The van der Waals surface area contributed by atoms with Crippen LogP contribution in [-0.4, -0.2) is 49.5 Å². The Balaban J connectivity index is 1.84. The lowest BCUT2D eigenvalue weighted by Gasteiger charge is -2.31. The molecule has 1 amide bonds. The minimum absolute atomic E-state index is 0.182. The largest absolute Gasteiger partial charge is 0.385 e. The van der Waals surface area contributed by atoms with Gasteiger partial charge in [-0.2, -0.15) is 0 Å². The molecule has 1 saturated heterocycles. The van der Waals surface area contributed by atoms with Crippen molar-refractivity contribution in [3.63, 3.8) is 0 Å². The van der Waals surface area contributed by atoms with Crippen LogP contribution in [0.1, 0.15) is 36.7 Å². The summed E-state index contributed by atoms with van der Waals surface area (Å²) in [6.45, 7) is 5.45. The highest BCUT2D eigenvalue weighted by Gasteiger charge is 2.21. The van der Waals surface area contributed by atoms with E-state index in [4.69, 9.17) is 4.74 Å². The zero-order valence-corrected chi connectivity index (χ0v) is 15.0. The summed E-state index contributed by atoms with van der Waals surface area (Å²) in [6.07, 6.45) is 3.10. The van der Waals surface area contributed by atoms with Gasteiger partial charge in [0.15, 0.2) is 11.5 Å². The van der Waals surface area contributed by atoms with Gasteiger partial charge in [0.05, 0.1) is 0 Å². The van der Waals surface area contributed by atoms with E-state index >= 15 is 0 Å². The molecule has 1 aliphatic rings. The number of hydrogen-bond acceptors (Lipinski definition) is 5. The molecule has 0 aliphatic carbocycles. The number of amides is 1. The first-order valence-electron chi connectivity index (χ1n) is 8.98. The minimum Gasteiger partial charge on any atom is -0.385 e. The quantitative estimate of drug-likeness (QED) is 0.818. The summed E-state index contributed by atoms with van der Waals surface area (Å²) < 4.78 is 5.01. The summed E-state index contributed by atoms with van der Waals surface area (Å²) >= 11 is 0. The number of hydrogen-bond donors (Lipinski definition) is 1. The number of nitrogens with one attached hydrogen (secondary N) is 1. The van der Waals surface area contributed by atoms with Gasteiger partial charge in [0, 0.05) is 44.1 Å². The van der Waals surface area contributed by atoms with Crippen molar-refractivity contribution in [1.29, 1.82) is 0 Å². The maximum atomic E-state index is 12.5. The first-order chi connectivity index (χ1) is 12.2. The Morgan fingerprint density at radius 3 is 2.68 bits per heavy atom. The van der Waals surface area contributed by atoms with Gasteiger partial charge in [-0.25, -0.2) is 0 Å². The predicted octanol–water partition coefficient (Wildman–Crippen LogP) is 2.63. The second-order valence-corrected chi connectivity index (χ2v) is 6.69. The van der Waals surface area contributed by atoms with Crippen molar-refractivity contribution in [2.45, 2.75) is 26.2 Å². The number of aromatic nitrogens is 2. The molecule has 0 radical (unpaired) electrons. The van der Waals surface area contributed by atoms with E-state index in [9.17, 15) is 4.79 Å². The fourth-order valence-electron chi connectivity index (χ4n) is 3.21. The molecule has 1 aromatic heterocycles. The van der Waals surface area contributed by atoms with Crippen LogP contribution in [0.15, 0.2) is 24.3 Å². The monoisotopic (exact) mass is 342 g/mol. The van der Waals surface area contributed by atoms with Crippen LogP contribution in [0.4, 0.5) is 5.82 Å². The number of benzene rings is 1. The lowest BCUT2D eigenvalue weighted by molar-refractivity contribution is 0.0944. The van der Waals surface area contributed by atoms with Crippen molar-refractivity contribution in [2.24, 2.45) is 5.92 Å². The minimum atomic E-state index is -0.182. The number of anilines is 1. The first-order valence-corrected chi connectivity index (χ1v) is 8.98. The zero-order valence-electron chi connectivity index (χ0n) is 15.0. The number of carbonyl (C=O) groups is 1. The number of rotatable bonds is 6. The van der Waals surface area contributed by atoms with Gasteiger partial charge in [0.25, 0.3) is 5.91 Å². The molecule has 2 aromatic rings. The molecule has 6 heteroatoms. The van der Waals surface area contributed by atoms with Gasteiger partial charge in [-0.1, -0.05) is 31.2 Å². The van der Waals surface area contributed by atoms with Gasteiger partial charge >= 0.3 is 0 Å². The van der Waals surface area contributed by atoms with Crippen molar-refractivity contribution < 1.29 is 9.53 Å². The van der Waals surface area contributed by atoms with Crippen molar-refractivity contribution in [2.75, 3.05) is 38.3 Å². The van der Waals surface area contributed by atoms with Gasteiger partial charge in [-0.15, -0.1) is 10.2 Å². The third kappa shape index (κ3) is 4.07. The fourth-order valence-corrected chi connectivity index (χ4v) is 3.21. The Morgan fingerprint density at radius 2 is 1.96 bits per heavy atom. The highest BCUT2D eigenvalue weighted by molar-refractivity contribution is 6.07. The molecular weight excluding hydrogens is 316 g/mol. The van der Waals surface area contributed by atoms with Crippen LogP contribution in [0.3, 0.4) is 0 Å². The molecule has 1 N–H and O–H groups in total. The molecule has 0 saturated carbocycles. The molecule has 0 atom stereocenters. The van der Waals surface area contributed by atoms with Gasteiger partial charge < -0.3 is 15.0 Å². The molecule has 0 unspecified atom stereocenters. The number of nitrogens with zero attached hydrogens (tertiary/aromatic N) is 3. The van der Waals surface area contributed by atoms with Gasteiger partial charge in [-0.3, -0.25) is 4.79 Å². The summed E-state index contributed by atoms with van der Waals surface area (Å²) in [6, 6.07) is 7.90. The molecule has 0 spiro atoms. The third-order valence-corrected chi connectivity index (χ3v) is 4.78. The summed E-state index contributed by atoms with van der Waals surface area (Å²) in [5.41, 5.74) is 0.391. The van der Waals surface area contributed by atoms with Gasteiger partial charge in [0.1, 0.15) is 0 Å². The SMILES string of the molecule is COCCCNC(=O)c1nnc(N2CCC(C)CC2)c2ccccc12. The molecule has 2 heterocycles. The molecule has 25 heavy (non-hydrogen) atoms. The number of fused-ring (bicyclic) bond motifs is 1. The molecule has 1 aromatic carbocycles. The average Bonchev–Trinajstić information content (AvgIpc) is 2.65. The Bertz CT molecular complexity index is 726. The van der Waals surface area contributed by atoms with Crippen LogP contribution in [0.2, 0.25) is 0 Å². The zero-order chi connectivity index (χ0) is 17.6. The number of piperidine rings is 1.